The predicted molar refractivity (Wildman–Crippen MR) is 111 cm³/mol. The van der Waals surface area contributed by atoms with Gasteiger partial charge >= 0.3 is 0 Å². The van der Waals surface area contributed by atoms with Gasteiger partial charge in [-0.05, 0) is 24.3 Å². The lowest BCUT2D eigenvalue weighted by atomic mass is 10.2. The number of rotatable bonds is 5. The summed E-state index contributed by atoms with van der Waals surface area (Å²) >= 11 is 7.54. The second kappa shape index (κ2) is 8.91. The smallest absolute Gasteiger partial charge is 0.184 e. The largest absolute Gasteiger partial charge is 0.486 e. The van der Waals surface area contributed by atoms with Crippen molar-refractivity contribution in [2.75, 3.05) is 56.6 Å². The molecule has 8 heteroatoms. The first kappa shape index (κ1) is 19.2. The lowest BCUT2D eigenvalue weighted by molar-refractivity contribution is 0.171. The van der Waals surface area contributed by atoms with Gasteiger partial charge < -0.3 is 14.4 Å². The molecule has 1 fully saturated rings. The van der Waals surface area contributed by atoms with Crippen molar-refractivity contribution in [2.24, 2.45) is 0 Å². The summed E-state index contributed by atoms with van der Waals surface area (Å²) in [7, 11) is 0. The fourth-order valence-electron chi connectivity index (χ4n) is 3.40. The third-order valence-corrected chi connectivity index (χ3v) is 6.03. The molecular formula is C20H21ClN4O2S. The summed E-state index contributed by atoms with van der Waals surface area (Å²) in [4.78, 5) is 9.07. The van der Waals surface area contributed by atoms with Gasteiger partial charge in [0.05, 0.1) is 11.3 Å². The number of piperazine rings is 1. The zero-order valence-corrected chi connectivity index (χ0v) is 17.0. The predicted octanol–water partition coefficient (Wildman–Crippen LogP) is 3.29. The molecule has 2 aliphatic heterocycles. The van der Waals surface area contributed by atoms with Gasteiger partial charge in [-0.1, -0.05) is 17.7 Å². The number of fused-ring (bicyclic) bond motifs is 1. The van der Waals surface area contributed by atoms with Crippen LogP contribution in [0.4, 0.5) is 5.69 Å². The van der Waals surface area contributed by atoms with Crippen molar-refractivity contribution in [1.29, 1.82) is 5.26 Å². The zero-order valence-electron chi connectivity index (χ0n) is 15.4. The Morgan fingerprint density at radius 2 is 1.93 bits per heavy atom. The fraction of sp³-hybridized carbons (Fsp3) is 0.400. The summed E-state index contributed by atoms with van der Waals surface area (Å²) in [6.07, 6.45) is 0. The van der Waals surface area contributed by atoms with E-state index in [1.807, 2.05) is 12.1 Å². The van der Waals surface area contributed by atoms with Crippen LogP contribution in [0.5, 0.6) is 11.5 Å². The molecule has 1 aromatic heterocycles. The monoisotopic (exact) mass is 416 g/mol. The Bertz CT molecular complexity index is 881. The van der Waals surface area contributed by atoms with Crippen LogP contribution in [0.1, 0.15) is 5.56 Å². The Labute approximate surface area is 174 Å². The molecule has 0 unspecified atom stereocenters. The first-order valence-electron chi connectivity index (χ1n) is 9.30. The number of halogens is 1. The van der Waals surface area contributed by atoms with Gasteiger partial charge in [0.2, 0.25) is 0 Å². The highest BCUT2D eigenvalue weighted by atomic mass is 35.5. The molecule has 0 aliphatic carbocycles. The van der Waals surface area contributed by atoms with E-state index in [2.05, 4.69) is 26.9 Å². The van der Waals surface area contributed by atoms with Crippen LogP contribution in [0.25, 0.3) is 0 Å². The lowest BCUT2D eigenvalue weighted by Gasteiger charge is -2.37. The number of anilines is 1. The number of ether oxygens (including phenoxy) is 2. The van der Waals surface area contributed by atoms with Crippen molar-refractivity contribution in [3.63, 3.8) is 0 Å². The van der Waals surface area contributed by atoms with Crippen LogP contribution in [0.2, 0.25) is 5.15 Å². The molecular weight excluding hydrogens is 396 g/mol. The highest BCUT2D eigenvalue weighted by molar-refractivity contribution is 7.99. The second-order valence-electron chi connectivity index (χ2n) is 6.58. The first-order valence-corrected chi connectivity index (χ1v) is 10.7. The minimum atomic E-state index is 0.424. The molecule has 2 aromatic rings. The van der Waals surface area contributed by atoms with E-state index in [1.165, 1.54) is 0 Å². The molecule has 6 nitrogen and oxygen atoms in total. The lowest BCUT2D eigenvalue weighted by Crippen LogP contribution is -2.47. The van der Waals surface area contributed by atoms with Gasteiger partial charge in [0, 0.05) is 38.5 Å². The van der Waals surface area contributed by atoms with Gasteiger partial charge in [-0.2, -0.15) is 5.26 Å². The maximum Gasteiger partial charge on any atom is 0.184 e. The van der Waals surface area contributed by atoms with Crippen molar-refractivity contribution in [3.05, 3.63) is 41.0 Å². The van der Waals surface area contributed by atoms with Crippen LogP contribution in [0, 0.1) is 11.3 Å². The minimum Gasteiger partial charge on any atom is -0.486 e. The molecule has 3 heterocycles. The van der Waals surface area contributed by atoms with E-state index in [0.29, 0.717) is 29.0 Å². The van der Waals surface area contributed by atoms with Gasteiger partial charge in [-0.3, -0.25) is 4.90 Å². The third-order valence-electron chi connectivity index (χ3n) is 4.85. The van der Waals surface area contributed by atoms with Crippen LogP contribution in [-0.4, -0.2) is 61.6 Å². The SMILES string of the molecule is N#Cc1ccc(Cl)nc1SCCN1CCN(c2cccc3c2OCCO3)CC1. The van der Waals surface area contributed by atoms with Crippen LogP contribution < -0.4 is 14.4 Å². The minimum absolute atomic E-state index is 0.424. The van der Waals surface area contributed by atoms with Crippen molar-refractivity contribution in [1.82, 2.24) is 9.88 Å². The summed E-state index contributed by atoms with van der Waals surface area (Å²) in [5.74, 6) is 2.58. The maximum atomic E-state index is 9.20. The molecule has 0 bridgehead atoms. The van der Waals surface area contributed by atoms with Gasteiger partial charge in [0.15, 0.2) is 11.5 Å². The number of nitrogens with zero attached hydrogens (tertiary/aromatic N) is 4. The Balaban J connectivity index is 1.30. The highest BCUT2D eigenvalue weighted by Crippen LogP contribution is 2.39. The van der Waals surface area contributed by atoms with Gasteiger partial charge in [-0.25, -0.2) is 4.98 Å². The topological polar surface area (TPSA) is 61.6 Å². The molecule has 146 valence electrons. The van der Waals surface area contributed by atoms with Crippen LogP contribution >= 0.6 is 23.4 Å². The molecule has 0 atom stereocenters. The maximum absolute atomic E-state index is 9.20. The number of para-hydroxylation sites is 1. The number of nitriles is 1. The summed E-state index contributed by atoms with van der Waals surface area (Å²) in [6.45, 7) is 6.02. The molecule has 2 aliphatic rings. The fourth-order valence-corrected chi connectivity index (χ4v) is 4.58. The number of aromatic nitrogens is 1. The Hall–Kier alpha value is -2.14. The number of thioether (sulfide) groups is 1. The van der Waals surface area contributed by atoms with Gasteiger partial charge in [-0.15, -0.1) is 11.8 Å². The molecule has 1 aromatic carbocycles. The second-order valence-corrected chi connectivity index (χ2v) is 8.05. The standard InChI is InChI=1S/C20H21ClN4O2S/c21-18-5-4-15(14-22)20(23-18)28-13-10-24-6-8-25(9-7-24)16-2-1-3-17-19(16)27-12-11-26-17/h1-5H,6-13H2. The molecule has 1 saturated heterocycles. The Kier molecular flexibility index (Phi) is 6.10. The molecule has 0 radical (unpaired) electrons. The quantitative estimate of drug-likeness (QED) is 0.547. The molecule has 0 spiro atoms. The number of pyridine rings is 1. The Morgan fingerprint density at radius 1 is 1.11 bits per heavy atom. The van der Waals surface area contributed by atoms with Crippen LogP contribution in [0.15, 0.2) is 35.4 Å². The Morgan fingerprint density at radius 3 is 2.75 bits per heavy atom. The van der Waals surface area contributed by atoms with E-state index in [-0.39, 0.29) is 0 Å². The van der Waals surface area contributed by atoms with Crippen LogP contribution in [0.3, 0.4) is 0 Å². The van der Waals surface area contributed by atoms with Crippen molar-refractivity contribution in [2.45, 2.75) is 5.03 Å². The number of hydrogen-bond acceptors (Lipinski definition) is 7. The summed E-state index contributed by atoms with van der Waals surface area (Å²) in [5, 5.41) is 10.3. The molecule has 0 N–H and O–H groups in total. The van der Waals surface area contributed by atoms with Gasteiger partial charge in [0.1, 0.15) is 29.5 Å². The highest BCUT2D eigenvalue weighted by Gasteiger charge is 2.23. The van der Waals surface area contributed by atoms with E-state index in [4.69, 9.17) is 21.1 Å². The summed E-state index contributed by atoms with van der Waals surface area (Å²) in [5.41, 5.74) is 1.70. The average molecular weight is 417 g/mol. The average Bonchev–Trinajstić information content (AvgIpc) is 2.74. The van der Waals surface area contributed by atoms with Crippen molar-refractivity contribution >= 4 is 29.1 Å². The molecule has 28 heavy (non-hydrogen) atoms. The number of hydrogen-bond donors (Lipinski definition) is 0. The molecule has 0 saturated carbocycles. The normalized spacial score (nSPS) is 16.6. The van der Waals surface area contributed by atoms with E-state index in [0.717, 1.165) is 55.7 Å². The van der Waals surface area contributed by atoms with E-state index in [1.54, 1.807) is 23.9 Å². The van der Waals surface area contributed by atoms with E-state index >= 15 is 0 Å². The van der Waals surface area contributed by atoms with Crippen LogP contribution in [-0.2, 0) is 0 Å². The first-order chi connectivity index (χ1) is 13.7. The van der Waals surface area contributed by atoms with E-state index in [9.17, 15) is 5.26 Å². The zero-order chi connectivity index (χ0) is 19.3. The molecule has 0 amide bonds. The van der Waals surface area contributed by atoms with Gasteiger partial charge in [0.25, 0.3) is 0 Å². The third kappa shape index (κ3) is 4.30. The molecule has 4 rings (SSSR count). The van der Waals surface area contributed by atoms with E-state index < -0.39 is 0 Å². The summed E-state index contributed by atoms with van der Waals surface area (Å²) in [6, 6.07) is 11.6. The van der Waals surface area contributed by atoms with Crippen molar-refractivity contribution < 1.29 is 9.47 Å². The van der Waals surface area contributed by atoms with Crippen molar-refractivity contribution in [3.8, 4) is 17.6 Å². The summed E-state index contributed by atoms with van der Waals surface area (Å²) < 4.78 is 11.5. The number of benzene rings is 1.